The van der Waals surface area contributed by atoms with Gasteiger partial charge in [0.15, 0.2) is 0 Å². The van der Waals surface area contributed by atoms with Gasteiger partial charge in [0.05, 0.1) is 30.4 Å². The molecule has 170 valence electrons. The van der Waals surface area contributed by atoms with E-state index in [-0.39, 0.29) is 36.5 Å². The molecule has 1 aromatic rings. The first-order valence-corrected chi connectivity index (χ1v) is 11.4. The molecule has 2 fully saturated rings. The van der Waals surface area contributed by atoms with E-state index in [0.29, 0.717) is 43.7 Å². The molecule has 0 aromatic heterocycles. The highest BCUT2D eigenvalue weighted by Gasteiger charge is 2.38. The van der Waals surface area contributed by atoms with Crippen LogP contribution >= 0.6 is 0 Å². The van der Waals surface area contributed by atoms with Crippen molar-refractivity contribution in [1.29, 1.82) is 0 Å². The third-order valence-electron chi connectivity index (χ3n) is 6.44. The lowest BCUT2D eigenvalue weighted by atomic mass is 9.99. The Kier molecular flexibility index (Phi) is 7.09. The first kappa shape index (κ1) is 22.0. The van der Waals surface area contributed by atoms with Crippen LogP contribution in [0.5, 0.6) is 5.75 Å². The largest absolute Gasteiger partial charge is 0.493 e. The van der Waals surface area contributed by atoms with Crippen LogP contribution < -0.4 is 15.4 Å². The fraction of sp³-hybridized carbons (Fsp3) is 0.652. The number of likely N-dealkylation sites (tertiary alicyclic amines) is 1. The Bertz CT molecular complexity index is 788. The summed E-state index contributed by atoms with van der Waals surface area (Å²) in [5.41, 5.74) is 0.502. The van der Waals surface area contributed by atoms with E-state index in [9.17, 15) is 14.7 Å². The zero-order chi connectivity index (χ0) is 21.8. The predicted molar refractivity (Wildman–Crippen MR) is 115 cm³/mol. The number of aliphatic hydroxyl groups is 1. The third kappa shape index (κ3) is 5.19. The van der Waals surface area contributed by atoms with E-state index in [2.05, 4.69) is 22.5 Å². The zero-order valence-electron chi connectivity index (χ0n) is 18.1. The highest BCUT2D eigenvalue weighted by Crippen LogP contribution is 2.25. The monoisotopic (exact) mass is 431 g/mol. The molecule has 3 aliphatic heterocycles. The van der Waals surface area contributed by atoms with Gasteiger partial charge in [-0.2, -0.15) is 0 Å². The van der Waals surface area contributed by atoms with E-state index in [0.717, 1.165) is 19.4 Å². The Morgan fingerprint density at radius 3 is 2.87 bits per heavy atom. The van der Waals surface area contributed by atoms with Gasteiger partial charge in [-0.3, -0.25) is 14.5 Å². The molecule has 31 heavy (non-hydrogen) atoms. The number of carbonyl (C=O) groups excluding carboxylic acids is 2. The SMILES string of the molecule is CCCN1C[C@@H]2C[C@H]1C(=O)NC[C@H]1O[C@H](CCOc3ccccc3C(=O)N2)CC[C@@H]1O. The molecule has 0 unspecified atom stereocenters. The molecule has 0 spiro atoms. The van der Waals surface area contributed by atoms with Crippen LogP contribution in [-0.4, -0.2) is 78.5 Å². The van der Waals surface area contributed by atoms with Gasteiger partial charge >= 0.3 is 0 Å². The second-order valence-electron chi connectivity index (χ2n) is 8.74. The number of nitrogens with zero attached hydrogens (tertiary/aromatic N) is 1. The summed E-state index contributed by atoms with van der Waals surface area (Å²) in [6.45, 7) is 4.20. The number of fused-ring (bicyclic) bond motifs is 5. The Morgan fingerprint density at radius 2 is 2.03 bits per heavy atom. The molecule has 3 N–H and O–H groups in total. The fourth-order valence-corrected chi connectivity index (χ4v) is 4.82. The Balaban J connectivity index is 1.56. The van der Waals surface area contributed by atoms with Gasteiger partial charge < -0.3 is 25.2 Å². The predicted octanol–water partition coefficient (Wildman–Crippen LogP) is 1.08. The number of nitrogens with one attached hydrogen (secondary N) is 2. The van der Waals surface area contributed by atoms with Crippen molar-refractivity contribution in [2.45, 2.75) is 69.4 Å². The molecule has 3 aliphatic rings. The van der Waals surface area contributed by atoms with Gasteiger partial charge in [-0.25, -0.2) is 0 Å². The van der Waals surface area contributed by atoms with E-state index in [1.165, 1.54) is 0 Å². The van der Waals surface area contributed by atoms with Crippen LogP contribution in [0.25, 0.3) is 0 Å². The van der Waals surface area contributed by atoms with Gasteiger partial charge in [0, 0.05) is 25.6 Å². The summed E-state index contributed by atoms with van der Waals surface area (Å²) < 4.78 is 12.0. The maximum absolute atomic E-state index is 13.0. The molecule has 5 atom stereocenters. The molecular weight excluding hydrogens is 398 g/mol. The summed E-state index contributed by atoms with van der Waals surface area (Å²) in [6.07, 6.45) is 2.46. The van der Waals surface area contributed by atoms with Crippen molar-refractivity contribution in [3.8, 4) is 5.75 Å². The number of para-hydroxylation sites is 1. The highest BCUT2D eigenvalue weighted by atomic mass is 16.5. The smallest absolute Gasteiger partial charge is 0.255 e. The van der Waals surface area contributed by atoms with Crippen molar-refractivity contribution in [2.24, 2.45) is 0 Å². The molecule has 8 heteroatoms. The Morgan fingerprint density at radius 1 is 1.19 bits per heavy atom. The lowest BCUT2D eigenvalue weighted by molar-refractivity contribution is -0.133. The molecule has 1 aromatic carbocycles. The number of aliphatic hydroxyl groups excluding tert-OH is 1. The van der Waals surface area contributed by atoms with Crippen molar-refractivity contribution < 1.29 is 24.2 Å². The van der Waals surface area contributed by atoms with E-state index in [4.69, 9.17) is 9.47 Å². The summed E-state index contributed by atoms with van der Waals surface area (Å²) in [5.74, 6) is 0.304. The Labute approximate surface area is 183 Å². The van der Waals surface area contributed by atoms with Gasteiger partial charge in [0.25, 0.3) is 5.91 Å². The second-order valence-corrected chi connectivity index (χ2v) is 8.74. The first-order valence-electron chi connectivity index (χ1n) is 11.4. The molecular formula is C23H33N3O5. The van der Waals surface area contributed by atoms with Crippen LogP contribution in [0.3, 0.4) is 0 Å². The number of ether oxygens (including phenoxy) is 2. The fourth-order valence-electron chi connectivity index (χ4n) is 4.82. The molecule has 4 bridgehead atoms. The third-order valence-corrected chi connectivity index (χ3v) is 6.44. The van der Waals surface area contributed by atoms with Gasteiger partial charge in [-0.1, -0.05) is 19.1 Å². The minimum absolute atomic E-state index is 0.0494. The van der Waals surface area contributed by atoms with Gasteiger partial charge in [-0.15, -0.1) is 0 Å². The Hall–Kier alpha value is -2.16. The highest BCUT2D eigenvalue weighted by molar-refractivity contribution is 5.97. The molecule has 0 saturated carbocycles. The standard InChI is InChI=1S/C23H33N3O5/c1-2-10-26-14-15-12-18(26)23(29)24-13-21-19(27)8-7-16(31-21)9-11-30-20-6-4-3-5-17(20)22(28)25-15/h3-6,15-16,18-19,21,27H,2,7-14H2,1H3,(H,24,29)(H,25,28)/t15-,16-,18-,19-,21+/m0/s1. The molecule has 4 rings (SSSR count). The number of hydrogen-bond acceptors (Lipinski definition) is 6. The number of carbonyl (C=O) groups is 2. The lowest BCUT2D eigenvalue weighted by Crippen LogP contribution is -2.50. The first-order chi connectivity index (χ1) is 15.0. The maximum atomic E-state index is 13.0. The normalized spacial score (nSPS) is 32.5. The van der Waals surface area contributed by atoms with Crippen LogP contribution in [0.1, 0.15) is 49.4 Å². The number of rotatable bonds is 2. The van der Waals surface area contributed by atoms with E-state index in [1.54, 1.807) is 12.1 Å². The minimum Gasteiger partial charge on any atom is -0.493 e. The van der Waals surface area contributed by atoms with Gasteiger partial charge in [-0.05, 0) is 44.4 Å². The van der Waals surface area contributed by atoms with Crippen LogP contribution in [0, 0.1) is 0 Å². The molecule has 2 saturated heterocycles. The van der Waals surface area contributed by atoms with Crippen LogP contribution in [-0.2, 0) is 9.53 Å². The van der Waals surface area contributed by atoms with E-state index < -0.39 is 12.2 Å². The van der Waals surface area contributed by atoms with E-state index >= 15 is 0 Å². The average molecular weight is 432 g/mol. The van der Waals surface area contributed by atoms with Crippen molar-refractivity contribution in [3.63, 3.8) is 0 Å². The summed E-state index contributed by atoms with van der Waals surface area (Å²) in [4.78, 5) is 28.1. The van der Waals surface area contributed by atoms with Crippen LogP contribution in [0.4, 0.5) is 0 Å². The van der Waals surface area contributed by atoms with Crippen molar-refractivity contribution in [1.82, 2.24) is 15.5 Å². The summed E-state index contributed by atoms with van der Waals surface area (Å²) in [6, 6.07) is 6.83. The second kappa shape index (κ2) is 9.97. The maximum Gasteiger partial charge on any atom is 0.255 e. The van der Waals surface area contributed by atoms with Crippen molar-refractivity contribution in [2.75, 3.05) is 26.2 Å². The minimum atomic E-state index is -0.584. The molecule has 2 amide bonds. The number of hydrogen-bond donors (Lipinski definition) is 3. The van der Waals surface area contributed by atoms with Crippen molar-refractivity contribution in [3.05, 3.63) is 29.8 Å². The molecule has 8 nitrogen and oxygen atoms in total. The van der Waals surface area contributed by atoms with Crippen LogP contribution in [0.15, 0.2) is 24.3 Å². The average Bonchev–Trinajstić information content (AvgIpc) is 3.16. The zero-order valence-corrected chi connectivity index (χ0v) is 18.1. The summed E-state index contributed by atoms with van der Waals surface area (Å²) in [7, 11) is 0. The lowest BCUT2D eigenvalue weighted by Gasteiger charge is -2.34. The summed E-state index contributed by atoms with van der Waals surface area (Å²) in [5, 5.41) is 16.4. The molecule has 0 radical (unpaired) electrons. The van der Waals surface area contributed by atoms with Gasteiger partial charge in [0.1, 0.15) is 11.9 Å². The number of benzene rings is 1. The quantitative estimate of drug-likeness (QED) is 0.648. The molecule has 3 heterocycles. The number of amides is 2. The van der Waals surface area contributed by atoms with Crippen molar-refractivity contribution >= 4 is 11.8 Å². The summed E-state index contributed by atoms with van der Waals surface area (Å²) >= 11 is 0. The van der Waals surface area contributed by atoms with Gasteiger partial charge in [0.2, 0.25) is 5.91 Å². The molecule has 0 aliphatic carbocycles. The van der Waals surface area contributed by atoms with Crippen LogP contribution in [0.2, 0.25) is 0 Å². The van der Waals surface area contributed by atoms with E-state index in [1.807, 2.05) is 12.1 Å². The topological polar surface area (TPSA) is 100 Å².